The zero-order chi connectivity index (χ0) is 17.5. The predicted molar refractivity (Wildman–Crippen MR) is 82.7 cm³/mol. The van der Waals surface area contributed by atoms with Gasteiger partial charge in [-0.2, -0.15) is 13.2 Å². The minimum Gasteiger partial charge on any atom is -0.387 e. The monoisotopic (exact) mass is 340 g/mol. The van der Waals surface area contributed by atoms with Crippen LogP contribution in [0.25, 0.3) is 0 Å². The summed E-state index contributed by atoms with van der Waals surface area (Å²) in [6.07, 6.45) is -3.03. The number of benzene rings is 1. The summed E-state index contributed by atoms with van der Waals surface area (Å²) in [4.78, 5) is 19.7. The Hall–Kier alpha value is -2.05. The Labute approximate surface area is 138 Å². The van der Waals surface area contributed by atoms with E-state index in [2.05, 4.69) is 5.16 Å². The van der Waals surface area contributed by atoms with Crippen LogP contribution >= 0.6 is 0 Å². The van der Waals surface area contributed by atoms with Gasteiger partial charge in [-0.05, 0) is 30.2 Å². The molecular formula is C17H19F3N2O2. The lowest BCUT2D eigenvalue weighted by atomic mass is 9.92. The SMILES string of the molecule is CC(C)C1=NOC2(CCN(C(=O)c3ccc(C(F)(F)F)cc3)C2)C1. The van der Waals surface area contributed by atoms with E-state index in [9.17, 15) is 18.0 Å². The van der Waals surface area contributed by atoms with Gasteiger partial charge in [0.1, 0.15) is 0 Å². The Morgan fingerprint density at radius 2 is 1.96 bits per heavy atom. The van der Waals surface area contributed by atoms with Gasteiger partial charge in [0.15, 0.2) is 5.60 Å². The van der Waals surface area contributed by atoms with Crippen LogP contribution in [0.5, 0.6) is 0 Å². The summed E-state index contributed by atoms with van der Waals surface area (Å²) >= 11 is 0. The van der Waals surface area contributed by atoms with Crippen LogP contribution in [0.2, 0.25) is 0 Å². The molecule has 0 N–H and O–H groups in total. The van der Waals surface area contributed by atoms with E-state index < -0.39 is 17.3 Å². The van der Waals surface area contributed by atoms with Crippen LogP contribution in [0, 0.1) is 5.92 Å². The summed E-state index contributed by atoms with van der Waals surface area (Å²) in [5.74, 6) is 0.0197. The standard InChI is InChI=1S/C17H19F3N2O2/c1-11(2)14-9-16(24-21-14)7-8-22(10-16)15(23)12-3-5-13(6-4-12)17(18,19)20/h3-6,11H,7-10H2,1-2H3. The molecule has 1 aromatic rings. The van der Waals surface area contributed by atoms with Gasteiger partial charge >= 0.3 is 6.18 Å². The van der Waals surface area contributed by atoms with Crippen molar-refractivity contribution in [1.82, 2.24) is 4.90 Å². The highest BCUT2D eigenvalue weighted by Gasteiger charge is 2.47. The van der Waals surface area contributed by atoms with Crippen molar-refractivity contribution in [2.45, 2.75) is 38.5 Å². The second-order valence-corrected chi connectivity index (χ2v) is 6.74. The van der Waals surface area contributed by atoms with Gasteiger partial charge in [-0.1, -0.05) is 19.0 Å². The topological polar surface area (TPSA) is 41.9 Å². The number of hydrogen-bond acceptors (Lipinski definition) is 3. The van der Waals surface area contributed by atoms with E-state index in [0.717, 1.165) is 17.8 Å². The Bertz CT molecular complexity index is 667. The first-order valence-corrected chi connectivity index (χ1v) is 7.92. The van der Waals surface area contributed by atoms with Crippen molar-refractivity contribution in [3.05, 3.63) is 35.4 Å². The van der Waals surface area contributed by atoms with Crippen LogP contribution in [0.1, 0.15) is 42.6 Å². The number of rotatable bonds is 2. The van der Waals surface area contributed by atoms with Gasteiger partial charge in [0, 0.05) is 24.9 Å². The van der Waals surface area contributed by atoms with Gasteiger partial charge in [0.05, 0.1) is 17.8 Å². The van der Waals surface area contributed by atoms with E-state index >= 15 is 0 Å². The van der Waals surface area contributed by atoms with E-state index in [4.69, 9.17) is 4.84 Å². The summed E-state index contributed by atoms with van der Waals surface area (Å²) < 4.78 is 37.8. The number of hydrogen-bond donors (Lipinski definition) is 0. The number of carbonyl (C=O) groups excluding carboxylic acids is 1. The minimum absolute atomic E-state index is 0.253. The lowest BCUT2D eigenvalue weighted by Gasteiger charge is -2.22. The quantitative estimate of drug-likeness (QED) is 0.823. The largest absolute Gasteiger partial charge is 0.416 e. The molecule has 1 saturated heterocycles. The first-order chi connectivity index (χ1) is 11.2. The third-order valence-electron chi connectivity index (χ3n) is 4.59. The molecule has 0 bridgehead atoms. The van der Waals surface area contributed by atoms with Crippen LogP contribution in [0.4, 0.5) is 13.2 Å². The summed E-state index contributed by atoms with van der Waals surface area (Å²) in [5, 5.41) is 4.13. The van der Waals surface area contributed by atoms with Crippen LogP contribution in [0.3, 0.4) is 0 Å². The summed E-state index contributed by atoms with van der Waals surface area (Å²) in [5.41, 5.74) is 0.00850. The highest BCUT2D eigenvalue weighted by atomic mass is 19.4. The molecule has 0 aliphatic carbocycles. The van der Waals surface area contributed by atoms with Gasteiger partial charge in [-0.3, -0.25) is 4.79 Å². The number of nitrogens with zero attached hydrogens (tertiary/aromatic N) is 2. The van der Waals surface area contributed by atoms with Crippen molar-refractivity contribution < 1.29 is 22.8 Å². The highest BCUT2D eigenvalue weighted by Crippen LogP contribution is 2.36. The average Bonchev–Trinajstić information content (AvgIpc) is 3.14. The van der Waals surface area contributed by atoms with Crippen molar-refractivity contribution in [3.63, 3.8) is 0 Å². The average molecular weight is 340 g/mol. The van der Waals surface area contributed by atoms with Crippen molar-refractivity contribution in [2.24, 2.45) is 11.1 Å². The Morgan fingerprint density at radius 3 is 2.50 bits per heavy atom. The molecule has 3 rings (SSSR count). The second-order valence-electron chi connectivity index (χ2n) is 6.74. The number of carbonyl (C=O) groups is 1. The van der Waals surface area contributed by atoms with Gasteiger partial charge < -0.3 is 9.74 Å². The van der Waals surface area contributed by atoms with Crippen molar-refractivity contribution >= 4 is 11.6 Å². The number of oxime groups is 1. The van der Waals surface area contributed by atoms with E-state index in [1.165, 1.54) is 12.1 Å². The highest BCUT2D eigenvalue weighted by molar-refractivity contribution is 5.95. The van der Waals surface area contributed by atoms with Crippen molar-refractivity contribution in [3.8, 4) is 0 Å². The molecule has 1 fully saturated rings. The smallest absolute Gasteiger partial charge is 0.387 e. The third kappa shape index (κ3) is 3.12. The molecule has 2 aliphatic rings. The number of alkyl halides is 3. The van der Waals surface area contributed by atoms with E-state index in [0.29, 0.717) is 31.8 Å². The zero-order valence-corrected chi connectivity index (χ0v) is 13.6. The molecule has 1 unspecified atom stereocenters. The first kappa shape index (κ1) is 16.8. The summed E-state index contributed by atoms with van der Waals surface area (Å²) in [6.45, 7) is 5.01. The fourth-order valence-electron chi connectivity index (χ4n) is 3.08. The van der Waals surface area contributed by atoms with Crippen LogP contribution in [-0.4, -0.2) is 35.2 Å². The molecule has 1 amide bonds. The van der Waals surface area contributed by atoms with Crippen LogP contribution < -0.4 is 0 Å². The maximum Gasteiger partial charge on any atom is 0.416 e. The summed E-state index contributed by atoms with van der Waals surface area (Å²) in [7, 11) is 0. The van der Waals surface area contributed by atoms with Crippen LogP contribution in [0.15, 0.2) is 29.4 Å². The van der Waals surface area contributed by atoms with Gasteiger partial charge in [0.2, 0.25) is 0 Å². The molecule has 2 aliphatic heterocycles. The molecule has 1 atom stereocenters. The Morgan fingerprint density at radius 1 is 1.29 bits per heavy atom. The second kappa shape index (κ2) is 5.79. The molecule has 2 heterocycles. The lowest BCUT2D eigenvalue weighted by Crippen LogP contribution is -2.36. The minimum atomic E-state index is -4.40. The Kier molecular flexibility index (Phi) is 4.05. The van der Waals surface area contributed by atoms with Gasteiger partial charge in [-0.25, -0.2) is 0 Å². The molecule has 24 heavy (non-hydrogen) atoms. The Balaban J connectivity index is 1.67. The zero-order valence-electron chi connectivity index (χ0n) is 13.6. The van der Waals surface area contributed by atoms with Gasteiger partial charge in [0.25, 0.3) is 5.91 Å². The maximum absolute atomic E-state index is 12.6. The molecule has 0 radical (unpaired) electrons. The molecule has 7 heteroatoms. The fraction of sp³-hybridized carbons (Fsp3) is 0.529. The normalized spacial score (nSPS) is 23.8. The van der Waals surface area contributed by atoms with Crippen molar-refractivity contribution in [1.29, 1.82) is 0 Å². The maximum atomic E-state index is 12.6. The molecule has 0 saturated carbocycles. The fourth-order valence-corrected chi connectivity index (χ4v) is 3.08. The molecule has 0 aromatic heterocycles. The lowest BCUT2D eigenvalue weighted by molar-refractivity contribution is -0.137. The van der Waals surface area contributed by atoms with E-state index in [-0.39, 0.29) is 11.5 Å². The number of likely N-dealkylation sites (tertiary alicyclic amines) is 1. The number of halogens is 3. The summed E-state index contributed by atoms with van der Waals surface area (Å²) in [6, 6.07) is 4.32. The molecule has 1 aromatic carbocycles. The molecule has 4 nitrogen and oxygen atoms in total. The van der Waals surface area contributed by atoms with Crippen LogP contribution in [-0.2, 0) is 11.0 Å². The van der Waals surface area contributed by atoms with E-state index in [1.54, 1.807) is 4.90 Å². The van der Waals surface area contributed by atoms with Gasteiger partial charge in [-0.15, -0.1) is 0 Å². The first-order valence-electron chi connectivity index (χ1n) is 7.92. The third-order valence-corrected chi connectivity index (χ3v) is 4.59. The molecular weight excluding hydrogens is 321 g/mol. The molecule has 1 spiro atoms. The van der Waals surface area contributed by atoms with E-state index in [1.807, 2.05) is 13.8 Å². The molecule has 130 valence electrons. The number of amides is 1. The van der Waals surface area contributed by atoms with Crippen molar-refractivity contribution in [2.75, 3.05) is 13.1 Å². The predicted octanol–water partition coefficient (Wildman–Crippen LogP) is 3.72.